The van der Waals surface area contributed by atoms with Crippen molar-refractivity contribution in [2.75, 3.05) is 20.2 Å². The predicted octanol–water partition coefficient (Wildman–Crippen LogP) is 4.56. The Balaban J connectivity index is 1.33. The molecule has 8 heteroatoms. The highest BCUT2D eigenvalue weighted by Gasteiger charge is 2.25. The highest BCUT2D eigenvalue weighted by atomic mass is 35.5. The zero-order chi connectivity index (χ0) is 23.2. The van der Waals surface area contributed by atoms with Crippen molar-refractivity contribution in [2.45, 2.75) is 25.5 Å². The van der Waals surface area contributed by atoms with E-state index in [2.05, 4.69) is 5.32 Å². The van der Waals surface area contributed by atoms with Gasteiger partial charge in [-0.1, -0.05) is 29.8 Å². The Kier molecular flexibility index (Phi) is 7.19. The van der Waals surface area contributed by atoms with Crippen LogP contribution in [-0.4, -0.2) is 43.0 Å². The minimum Gasteiger partial charge on any atom is -0.493 e. The molecule has 1 fully saturated rings. The van der Waals surface area contributed by atoms with E-state index in [-0.39, 0.29) is 24.5 Å². The average molecular weight is 469 g/mol. The van der Waals surface area contributed by atoms with Gasteiger partial charge in [-0.05, 0) is 43.2 Å². The SMILES string of the molecule is COc1cc(C(=O)NC2CCN(C(=O)c3ccoc3)CC2)ccc1OCc1ccccc1Cl. The van der Waals surface area contributed by atoms with Gasteiger partial charge in [0.1, 0.15) is 12.9 Å². The van der Waals surface area contributed by atoms with Gasteiger partial charge in [-0.25, -0.2) is 0 Å². The number of nitrogens with one attached hydrogen (secondary N) is 1. The molecule has 0 saturated carbocycles. The van der Waals surface area contributed by atoms with Crippen LogP contribution >= 0.6 is 11.6 Å². The highest BCUT2D eigenvalue weighted by Crippen LogP contribution is 2.30. The van der Waals surface area contributed by atoms with Crippen molar-refractivity contribution in [2.24, 2.45) is 0 Å². The minimum atomic E-state index is -0.189. The fraction of sp³-hybridized carbons (Fsp3) is 0.280. The number of nitrogens with zero attached hydrogens (tertiary/aromatic N) is 1. The zero-order valence-corrected chi connectivity index (χ0v) is 19.0. The Labute approximate surface area is 197 Å². The molecule has 3 aromatic rings. The first-order valence-corrected chi connectivity index (χ1v) is 11.1. The molecule has 0 spiro atoms. The van der Waals surface area contributed by atoms with E-state index in [0.29, 0.717) is 53.6 Å². The lowest BCUT2D eigenvalue weighted by molar-refractivity contribution is 0.0697. The average Bonchev–Trinajstić information content (AvgIpc) is 3.38. The van der Waals surface area contributed by atoms with E-state index in [4.69, 9.17) is 25.5 Å². The summed E-state index contributed by atoms with van der Waals surface area (Å²) >= 11 is 6.19. The van der Waals surface area contributed by atoms with Crippen molar-refractivity contribution in [1.29, 1.82) is 0 Å². The topological polar surface area (TPSA) is 81.0 Å². The van der Waals surface area contributed by atoms with Crippen LogP contribution in [0.15, 0.2) is 65.5 Å². The number of rotatable bonds is 7. The summed E-state index contributed by atoms with van der Waals surface area (Å²) in [7, 11) is 1.53. The number of hydrogen-bond donors (Lipinski definition) is 1. The summed E-state index contributed by atoms with van der Waals surface area (Å²) in [5.41, 5.74) is 1.89. The Morgan fingerprint density at radius 2 is 1.88 bits per heavy atom. The fourth-order valence-corrected chi connectivity index (χ4v) is 3.95. The number of hydrogen-bond acceptors (Lipinski definition) is 5. The number of benzene rings is 2. The lowest BCUT2D eigenvalue weighted by atomic mass is 10.0. The first-order chi connectivity index (χ1) is 16.0. The van der Waals surface area contributed by atoms with Crippen LogP contribution in [0.25, 0.3) is 0 Å². The summed E-state index contributed by atoms with van der Waals surface area (Å²) in [4.78, 5) is 27.0. The van der Waals surface area contributed by atoms with Gasteiger partial charge in [-0.2, -0.15) is 0 Å². The summed E-state index contributed by atoms with van der Waals surface area (Å²) in [5, 5.41) is 3.69. The molecule has 33 heavy (non-hydrogen) atoms. The van der Waals surface area contributed by atoms with E-state index in [9.17, 15) is 9.59 Å². The summed E-state index contributed by atoms with van der Waals surface area (Å²) in [6.07, 6.45) is 4.31. The summed E-state index contributed by atoms with van der Waals surface area (Å²) in [6.45, 7) is 1.44. The third-order valence-corrected chi connectivity index (χ3v) is 6.02. The maximum absolute atomic E-state index is 12.8. The zero-order valence-electron chi connectivity index (χ0n) is 18.3. The molecule has 1 aliphatic heterocycles. The van der Waals surface area contributed by atoms with Crippen LogP contribution in [0.1, 0.15) is 39.1 Å². The van der Waals surface area contributed by atoms with Crippen molar-refractivity contribution in [3.63, 3.8) is 0 Å². The van der Waals surface area contributed by atoms with Crippen LogP contribution in [0.5, 0.6) is 11.5 Å². The van der Waals surface area contributed by atoms with Crippen LogP contribution in [0.2, 0.25) is 5.02 Å². The van der Waals surface area contributed by atoms with Gasteiger partial charge >= 0.3 is 0 Å². The molecule has 0 bridgehead atoms. The molecule has 1 N–H and O–H groups in total. The van der Waals surface area contributed by atoms with Gasteiger partial charge < -0.3 is 24.1 Å². The van der Waals surface area contributed by atoms with Crippen molar-refractivity contribution >= 4 is 23.4 Å². The monoisotopic (exact) mass is 468 g/mol. The number of carbonyl (C=O) groups excluding carboxylic acids is 2. The van der Waals surface area contributed by atoms with Crippen LogP contribution < -0.4 is 14.8 Å². The van der Waals surface area contributed by atoms with E-state index < -0.39 is 0 Å². The fourth-order valence-electron chi connectivity index (χ4n) is 3.76. The molecule has 1 aromatic heterocycles. The van der Waals surface area contributed by atoms with Gasteiger partial charge in [0, 0.05) is 35.3 Å². The number of ether oxygens (including phenoxy) is 2. The molecule has 0 unspecified atom stereocenters. The molecule has 0 aliphatic carbocycles. The predicted molar refractivity (Wildman–Crippen MR) is 124 cm³/mol. The Morgan fingerprint density at radius 1 is 1.09 bits per heavy atom. The molecule has 2 heterocycles. The van der Waals surface area contributed by atoms with Gasteiger partial charge in [0.2, 0.25) is 0 Å². The van der Waals surface area contributed by atoms with Gasteiger partial charge in [0.25, 0.3) is 11.8 Å². The number of halogens is 1. The Morgan fingerprint density at radius 3 is 2.58 bits per heavy atom. The molecular formula is C25H25ClN2O5. The smallest absolute Gasteiger partial charge is 0.257 e. The highest BCUT2D eigenvalue weighted by molar-refractivity contribution is 6.31. The number of carbonyl (C=O) groups is 2. The second kappa shape index (κ2) is 10.4. The third kappa shape index (κ3) is 5.49. The van der Waals surface area contributed by atoms with Crippen LogP contribution in [0.3, 0.4) is 0 Å². The first-order valence-electron chi connectivity index (χ1n) is 10.7. The molecule has 2 aromatic carbocycles. The second-order valence-corrected chi connectivity index (χ2v) is 8.20. The van der Waals surface area contributed by atoms with Crippen LogP contribution in [-0.2, 0) is 6.61 Å². The second-order valence-electron chi connectivity index (χ2n) is 7.80. The lowest BCUT2D eigenvalue weighted by Crippen LogP contribution is -2.46. The summed E-state index contributed by atoms with van der Waals surface area (Å²) in [5.74, 6) is 0.756. The van der Waals surface area contributed by atoms with E-state index >= 15 is 0 Å². The molecule has 7 nitrogen and oxygen atoms in total. The van der Waals surface area contributed by atoms with Gasteiger partial charge in [-0.3, -0.25) is 9.59 Å². The summed E-state index contributed by atoms with van der Waals surface area (Å²) in [6, 6.07) is 14.2. The number of methoxy groups -OCH3 is 1. The van der Waals surface area contributed by atoms with Gasteiger partial charge in [-0.15, -0.1) is 0 Å². The molecule has 4 rings (SSSR count). The number of amides is 2. The quantitative estimate of drug-likeness (QED) is 0.550. The maximum Gasteiger partial charge on any atom is 0.257 e. The summed E-state index contributed by atoms with van der Waals surface area (Å²) < 4.78 is 16.3. The molecule has 1 saturated heterocycles. The standard InChI is InChI=1S/C25H25ClN2O5/c1-31-23-14-17(6-7-22(23)33-16-18-4-2-3-5-21(18)26)24(29)27-20-8-11-28(12-9-20)25(30)19-10-13-32-15-19/h2-7,10,13-15,20H,8-9,11-12,16H2,1H3,(H,27,29). The van der Waals surface area contributed by atoms with Gasteiger partial charge in [0.05, 0.1) is 18.9 Å². The molecule has 172 valence electrons. The Bertz CT molecular complexity index is 1110. The van der Waals surface area contributed by atoms with Gasteiger partial charge in [0.15, 0.2) is 11.5 Å². The normalized spacial score (nSPS) is 14.1. The van der Waals surface area contributed by atoms with E-state index in [0.717, 1.165) is 5.56 Å². The van der Waals surface area contributed by atoms with Crippen molar-refractivity contribution in [1.82, 2.24) is 10.2 Å². The first kappa shape index (κ1) is 22.7. The Hall–Kier alpha value is -3.45. The molecule has 0 atom stereocenters. The van der Waals surface area contributed by atoms with Crippen molar-refractivity contribution in [3.05, 3.63) is 82.8 Å². The number of furan rings is 1. The maximum atomic E-state index is 12.8. The van der Waals surface area contributed by atoms with Crippen molar-refractivity contribution in [3.8, 4) is 11.5 Å². The van der Waals surface area contributed by atoms with Crippen molar-refractivity contribution < 1.29 is 23.5 Å². The van der Waals surface area contributed by atoms with Crippen LogP contribution in [0, 0.1) is 0 Å². The molecule has 0 radical (unpaired) electrons. The van der Waals surface area contributed by atoms with Crippen LogP contribution in [0.4, 0.5) is 0 Å². The molecule has 1 aliphatic rings. The van der Waals surface area contributed by atoms with E-state index in [1.807, 2.05) is 24.3 Å². The van der Waals surface area contributed by atoms with E-state index in [1.165, 1.54) is 19.6 Å². The third-order valence-electron chi connectivity index (χ3n) is 5.65. The number of likely N-dealkylation sites (tertiary alicyclic amines) is 1. The van der Waals surface area contributed by atoms with E-state index in [1.54, 1.807) is 29.2 Å². The molecule has 2 amide bonds. The largest absolute Gasteiger partial charge is 0.493 e. The lowest BCUT2D eigenvalue weighted by Gasteiger charge is -2.32. The number of piperidine rings is 1. The molecular weight excluding hydrogens is 444 g/mol. The minimum absolute atomic E-state index is 0.00644.